The fraction of sp³-hybridized carbons (Fsp3) is 0.0361. The van der Waals surface area contributed by atoms with Crippen molar-refractivity contribution in [1.82, 2.24) is 0 Å². The zero-order valence-electron chi connectivity index (χ0n) is 45.5. The summed E-state index contributed by atoms with van der Waals surface area (Å²) in [6.45, 7) is 2.50. The third-order valence-corrected chi connectivity index (χ3v) is 20.1. The van der Waals surface area contributed by atoms with Crippen LogP contribution in [0.3, 0.4) is 0 Å². The number of hydrogen-bond acceptors (Lipinski definition) is 0. The lowest BCUT2D eigenvalue weighted by Crippen LogP contribution is -2.20. The van der Waals surface area contributed by atoms with Gasteiger partial charge in [0.05, 0.1) is 0 Å². The molecule has 1 aliphatic rings. The maximum Gasteiger partial charge on any atom is 0.0154 e. The summed E-state index contributed by atoms with van der Waals surface area (Å²) in [6, 6.07) is 90.9. The van der Waals surface area contributed by atoms with E-state index in [2.05, 4.69) is 268 Å². The third-order valence-electron chi connectivity index (χ3n) is 20.1. The second kappa shape index (κ2) is 15.7. The molecule has 0 amide bonds. The molecule has 0 aliphatic heterocycles. The summed E-state index contributed by atoms with van der Waals surface area (Å²) in [5.41, 5.74) is 11.3. The van der Waals surface area contributed by atoms with E-state index in [0.717, 1.165) is 6.42 Å². The normalized spacial score (nSPS) is 15.2. The summed E-state index contributed by atoms with van der Waals surface area (Å²) >= 11 is 0. The number of hydrogen-bond donors (Lipinski definition) is 0. The minimum Gasteiger partial charge on any atom is -0.0834 e. The molecule has 20 rings (SSSR count). The summed E-state index contributed by atoms with van der Waals surface area (Å²) in [5.74, 6) is 0. The van der Waals surface area contributed by atoms with E-state index in [0.29, 0.717) is 0 Å². The zero-order chi connectivity index (χ0) is 54.0. The topological polar surface area (TPSA) is 0 Å². The summed E-state index contributed by atoms with van der Waals surface area (Å²) < 4.78 is 0. The molecule has 0 fully saturated rings. The minimum atomic E-state index is -0.300. The fourth-order valence-corrected chi connectivity index (χ4v) is 16.9. The molecule has 1 unspecified atom stereocenters. The molecule has 0 heteroatoms. The molecule has 0 radical (unpaired) electrons. The van der Waals surface area contributed by atoms with E-state index in [1.165, 1.54) is 201 Å². The van der Waals surface area contributed by atoms with Crippen LogP contribution in [-0.4, -0.2) is 0 Å². The zero-order valence-corrected chi connectivity index (χ0v) is 45.5. The summed E-state index contributed by atoms with van der Waals surface area (Å²) in [4.78, 5) is 0. The average molecular weight is 1050 g/mol. The average Bonchev–Trinajstić information content (AvgIpc) is 2.02. The molecule has 19 aromatic carbocycles. The van der Waals surface area contributed by atoms with Gasteiger partial charge in [-0.05, 0) is 226 Å². The summed E-state index contributed by atoms with van der Waals surface area (Å²) in [6.07, 6.45) is 10.4. The molecule has 0 aromatic heterocycles. The van der Waals surface area contributed by atoms with Gasteiger partial charge in [-0.2, -0.15) is 0 Å². The Bertz CT molecular complexity index is 6020. The quantitative estimate of drug-likeness (QED) is 0.119. The lowest BCUT2D eigenvalue weighted by molar-refractivity contribution is 0.611. The van der Waals surface area contributed by atoms with E-state index in [1.54, 1.807) is 0 Å². The molecule has 0 spiro atoms. The first-order chi connectivity index (χ1) is 41.1. The molecule has 83 heavy (non-hydrogen) atoms. The monoisotopic (exact) mass is 1040 g/mol. The first-order valence-corrected chi connectivity index (χ1v) is 29.5. The van der Waals surface area contributed by atoms with E-state index >= 15 is 0 Å². The Hall–Kier alpha value is -10.4. The molecule has 0 saturated heterocycles. The van der Waals surface area contributed by atoms with Gasteiger partial charge in [-0.3, -0.25) is 0 Å². The van der Waals surface area contributed by atoms with Crippen LogP contribution in [0.1, 0.15) is 18.9 Å². The van der Waals surface area contributed by atoms with Crippen LogP contribution in [0.2, 0.25) is 0 Å². The van der Waals surface area contributed by atoms with Gasteiger partial charge in [0.1, 0.15) is 0 Å². The Labute approximate surface area is 477 Å². The van der Waals surface area contributed by atoms with Crippen LogP contribution in [0.4, 0.5) is 0 Å². The highest BCUT2D eigenvalue weighted by Gasteiger charge is 2.36. The highest BCUT2D eigenvalue weighted by molar-refractivity contribution is 6.52. The molecular weight excluding hydrogens is 997 g/mol. The van der Waals surface area contributed by atoms with Crippen molar-refractivity contribution in [3.8, 4) is 44.5 Å². The van der Waals surface area contributed by atoms with Crippen molar-refractivity contribution in [2.24, 2.45) is 0 Å². The van der Waals surface area contributed by atoms with E-state index in [9.17, 15) is 0 Å². The molecule has 0 bridgehead atoms. The number of benzene rings is 15. The second-order valence-corrected chi connectivity index (χ2v) is 24.2. The van der Waals surface area contributed by atoms with Crippen molar-refractivity contribution in [1.29, 1.82) is 0 Å². The molecule has 0 nitrogen and oxygen atoms in total. The summed E-state index contributed by atoms with van der Waals surface area (Å²) in [7, 11) is 0. The molecule has 1 atom stereocenters. The van der Waals surface area contributed by atoms with Crippen molar-refractivity contribution < 1.29 is 0 Å². The highest BCUT2D eigenvalue weighted by Crippen LogP contribution is 2.61. The number of allylic oxidation sites excluding steroid dienone is 4. The van der Waals surface area contributed by atoms with Gasteiger partial charge in [-0.15, -0.1) is 0 Å². The largest absolute Gasteiger partial charge is 0.0834 e. The van der Waals surface area contributed by atoms with Crippen LogP contribution in [0.15, 0.2) is 261 Å². The fourth-order valence-electron chi connectivity index (χ4n) is 16.9. The SMILES string of the molecule is CC1(c2c3c4cccc5cccc(c3c(-c3ccccc3)c3c6ccc7c8c(-c9ccccc9)cc9c%10c(-c%11ccccc%11)c%11c(cc%10c%10ccc(c%12c(-c%13ccccc%13)cc(c23)c6c7%12)c8c%109)c2cccc3cccc%11c32)c54)C=CC=CC1. The molecule has 0 N–H and O–H groups in total. The Morgan fingerprint density at radius 2 is 0.639 bits per heavy atom. The molecule has 0 heterocycles. The van der Waals surface area contributed by atoms with Crippen LogP contribution in [0, 0.1) is 0 Å². The predicted octanol–water partition coefficient (Wildman–Crippen LogP) is 23.5. The molecule has 380 valence electrons. The van der Waals surface area contributed by atoms with Gasteiger partial charge in [0.25, 0.3) is 0 Å². The first kappa shape index (κ1) is 44.4. The van der Waals surface area contributed by atoms with E-state index in [-0.39, 0.29) is 5.41 Å². The van der Waals surface area contributed by atoms with Crippen LogP contribution < -0.4 is 0 Å². The Kier molecular flexibility index (Phi) is 8.41. The molecule has 1 aliphatic carbocycles. The van der Waals surface area contributed by atoms with Gasteiger partial charge in [-0.1, -0.05) is 250 Å². The van der Waals surface area contributed by atoms with Crippen molar-refractivity contribution in [3.63, 3.8) is 0 Å². The van der Waals surface area contributed by atoms with Crippen molar-refractivity contribution in [3.05, 3.63) is 266 Å². The van der Waals surface area contributed by atoms with Crippen LogP contribution in [0.5, 0.6) is 0 Å². The van der Waals surface area contributed by atoms with Crippen molar-refractivity contribution in [2.75, 3.05) is 0 Å². The lowest BCUT2D eigenvalue weighted by Gasteiger charge is -2.31. The first-order valence-electron chi connectivity index (χ1n) is 29.5. The molecule has 19 aromatic rings. The van der Waals surface area contributed by atoms with Gasteiger partial charge in [0.15, 0.2) is 0 Å². The predicted molar refractivity (Wildman–Crippen MR) is 359 cm³/mol. The maximum atomic E-state index is 2.64. The third kappa shape index (κ3) is 5.48. The number of fused-ring (bicyclic) bond motifs is 14. The standard InChI is InChI=1S/C83H48/c1-83(41-15-6-16-42-83)82-80-56-36-20-32-49-31-19-35-55(67(49)56)76(80)69(51-27-13-5-14-28-51)77-59-40-39-58-71-60(46-21-7-2-8-22-46)43-64-70-53(37-38-57(78(70)71)72-61(47-23-9-3-10-24-47)44-65(81(77)82)74(59)79(58)72)63-45-62-52-33-17-29-48-30-18-34-54(66(48)52)73(62)68(75(63)64)50-25-11-4-12-26-50/h2-41,43-45H,42H2,1H3. The van der Waals surface area contributed by atoms with Gasteiger partial charge in [0.2, 0.25) is 0 Å². The van der Waals surface area contributed by atoms with Gasteiger partial charge in [-0.25, -0.2) is 0 Å². The second-order valence-electron chi connectivity index (χ2n) is 24.2. The van der Waals surface area contributed by atoms with Crippen molar-refractivity contribution in [2.45, 2.75) is 18.8 Å². The van der Waals surface area contributed by atoms with Gasteiger partial charge >= 0.3 is 0 Å². The van der Waals surface area contributed by atoms with E-state index in [1.807, 2.05) is 0 Å². The molecular formula is C83H48. The van der Waals surface area contributed by atoms with Gasteiger partial charge in [0, 0.05) is 5.41 Å². The van der Waals surface area contributed by atoms with E-state index in [4.69, 9.17) is 0 Å². The molecule has 0 saturated carbocycles. The minimum absolute atomic E-state index is 0.300. The lowest BCUT2D eigenvalue weighted by atomic mass is 9.72. The van der Waals surface area contributed by atoms with Crippen molar-refractivity contribution >= 4 is 151 Å². The van der Waals surface area contributed by atoms with Crippen LogP contribution in [0.25, 0.3) is 195 Å². The Morgan fingerprint density at radius 1 is 0.253 bits per heavy atom. The number of rotatable bonds is 5. The summed E-state index contributed by atoms with van der Waals surface area (Å²) in [5, 5.41) is 37.4. The van der Waals surface area contributed by atoms with Gasteiger partial charge < -0.3 is 0 Å². The van der Waals surface area contributed by atoms with Crippen LogP contribution >= 0.6 is 0 Å². The Morgan fingerprint density at radius 3 is 1.17 bits per heavy atom. The highest BCUT2D eigenvalue weighted by atomic mass is 14.4. The maximum absolute atomic E-state index is 2.64. The smallest absolute Gasteiger partial charge is 0.0154 e. The Balaban J connectivity index is 1.06. The van der Waals surface area contributed by atoms with E-state index < -0.39 is 0 Å². The van der Waals surface area contributed by atoms with Crippen LogP contribution in [-0.2, 0) is 5.41 Å².